The maximum absolute atomic E-state index is 13.0. The van der Waals surface area contributed by atoms with Crippen LogP contribution in [0.25, 0.3) is 0 Å². The Balaban J connectivity index is 2.15. The number of rotatable bonds is 1. The van der Waals surface area contributed by atoms with E-state index in [4.69, 9.17) is 0 Å². The van der Waals surface area contributed by atoms with Crippen molar-refractivity contribution in [1.29, 1.82) is 0 Å². The standard InChI is InChI=1S/C12H12F5N/c13-11(14)4-6-18(7-5-11)10-3-1-2-9(8-10)12(15,16)17/h1-3,8H,4-7H2. The molecule has 1 saturated heterocycles. The maximum Gasteiger partial charge on any atom is 0.416 e. The van der Waals surface area contributed by atoms with Gasteiger partial charge in [-0.2, -0.15) is 13.2 Å². The van der Waals surface area contributed by atoms with E-state index in [2.05, 4.69) is 0 Å². The van der Waals surface area contributed by atoms with Crippen LogP contribution in [0.15, 0.2) is 24.3 Å². The predicted molar refractivity (Wildman–Crippen MR) is 57.8 cm³/mol. The second-order valence-corrected chi connectivity index (χ2v) is 4.39. The molecule has 0 atom stereocenters. The van der Waals surface area contributed by atoms with Crippen LogP contribution in [0.3, 0.4) is 0 Å². The molecule has 0 spiro atoms. The first-order valence-corrected chi connectivity index (χ1v) is 5.58. The molecule has 2 rings (SSSR count). The molecule has 6 heteroatoms. The van der Waals surface area contributed by atoms with Crippen LogP contribution in [-0.4, -0.2) is 19.0 Å². The highest BCUT2D eigenvalue weighted by Crippen LogP contribution is 2.34. The molecule has 0 unspecified atom stereocenters. The van der Waals surface area contributed by atoms with E-state index in [9.17, 15) is 22.0 Å². The maximum atomic E-state index is 13.0. The van der Waals surface area contributed by atoms with Crippen molar-refractivity contribution in [2.24, 2.45) is 0 Å². The monoisotopic (exact) mass is 265 g/mol. The van der Waals surface area contributed by atoms with E-state index in [1.54, 1.807) is 4.90 Å². The largest absolute Gasteiger partial charge is 0.416 e. The molecule has 18 heavy (non-hydrogen) atoms. The lowest BCUT2D eigenvalue weighted by atomic mass is 10.1. The third-order valence-electron chi connectivity index (χ3n) is 3.03. The molecule has 1 aromatic carbocycles. The zero-order valence-electron chi connectivity index (χ0n) is 9.47. The first-order valence-electron chi connectivity index (χ1n) is 5.58. The van der Waals surface area contributed by atoms with Crippen LogP contribution in [0, 0.1) is 0 Å². The van der Waals surface area contributed by atoms with Gasteiger partial charge in [-0.1, -0.05) is 6.07 Å². The molecule has 0 saturated carbocycles. The summed E-state index contributed by atoms with van der Waals surface area (Å²) in [5, 5.41) is 0. The van der Waals surface area contributed by atoms with Gasteiger partial charge in [-0.05, 0) is 18.2 Å². The molecule has 0 aromatic heterocycles. The molecule has 0 aliphatic carbocycles. The third-order valence-corrected chi connectivity index (χ3v) is 3.03. The van der Waals surface area contributed by atoms with Gasteiger partial charge in [0.2, 0.25) is 0 Å². The number of piperidine rings is 1. The SMILES string of the molecule is FC1(F)CCN(c2cccc(C(F)(F)F)c2)CC1. The lowest BCUT2D eigenvalue weighted by molar-refractivity contribution is -0.137. The minimum absolute atomic E-state index is 0.0777. The Morgan fingerprint density at radius 1 is 1.06 bits per heavy atom. The zero-order valence-corrected chi connectivity index (χ0v) is 9.47. The lowest BCUT2D eigenvalue weighted by Crippen LogP contribution is -2.39. The molecule has 1 aliphatic rings. The molecular weight excluding hydrogens is 253 g/mol. The van der Waals surface area contributed by atoms with E-state index in [0.29, 0.717) is 5.69 Å². The fourth-order valence-electron chi connectivity index (χ4n) is 1.97. The van der Waals surface area contributed by atoms with Crippen LogP contribution in [0.2, 0.25) is 0 Å². The highest BCUT2D eigenvalue weighted by atomic mass is 19.4. The summed E-state index contributed by atoms with van der Waals surface area (Å²) in [4.78, 5) is 1.56. The van der Waals surface area contributed by atoms with Crippen LogP contribution in [0.4, 0.5) is 27.6 Å². The van der Waals surface area contributed by atoms with Crippen molar-refractivity contribution in [2.45, 2.75) is 24.9 Å². The number of halogens is 5. The number of hydrogen-bond acceptors (Lipinski definition) is 1. The minimum Gasteiger partial charge on any atom is -0.371 e. The lowest BCUT2D eigenvalue weighted by Gasteiger charge is -2.33. The number of hydrogen-bond donors (Lipinski definition) is 0. The topological polar surface area (TPSA) is 3.24 Å². The summed E-state index contributed by atoms with van der Waals surface area (Å²) in [7, 11) is 0. The molecule has 1 heterocycles. The Labute approximate surface area is 101 Å². The molecule has 0 N–H and O–H groups in total. The highest BCUT2D eigenvalue weighted by molar-refractivity contribution is 5.49. The summed E-state index contributed by atoms with van der Waals surface area (Å²) in [6, 6.07) is 4.79. The van der Waals surface area contributed by atoms with Crippen LogP contribution < -0.4 is 4.90 Å². The Morgan fingerprint density at radius 3 is 2.22 bits per heavy atom. The molecule has 0 radical (unpaired) electrons. The van der Waals surface area contributed by atoms with E-state index in [0.717, 1.165) is 12.1 Å². The van der Waals surface area contributed by atoms with Gasteiger partial charge in [-0.15, -0.1) is 0 Å². The quantitative estimate of drug-likeness (QED) is 0.695. The summed E-state index contributed by atoms with van der Waals surface area (Å²) < 4.78 is 63.5. The summed E-state index contributed by atoms with van der Waals surface area (Å²) >= 11 is 0. The third kappa shape index (κ3) is 2.91. The second kappa shape index (κ2) is 4.40. The molecule has 1 aliphatic heterocycles. The molecule has 100 valence electrons. The van der Waals surface area contributed by atoms with Crippen LogP contribution in [0.5, 0.6) is 0 Å². The van der Waals surface area contributed by atoms with Crippen molar-refractivity contribution in [3.63, 3.8) is 0 Å². The van der Waals surface area contributed by atoms with Crippen molar-refractivity contribution < 1.29 is 22.0 Å². The van der Waals surface area contributed by atoms with Gasteiger partial charge in [0.25, 0.3) is 5.92 Å². The fraction of sp³-hybridized carbons (Fsp3) is 0.500. The number of nitrogens with zero attached hydrogens (tertiary/aromatic N) is 1. The summed E-state index contributed by atoms with van der Waals surface area (Å²) in [5.41, 5.74) is -0.405. The molecular formula is C12H12F5N. The first kappa shape index (κ1) is 13.1. The van der Waals surface area contributed by atoms with E-state index >= 15 is 0 Å². The summed E-state index contributed by atoms with van der Waals surface area (Å²) in [6.45, 7) is 0.155. The number of alkyl halides is 5. The van der Waals surface area contributed by atoms with Crippen LogP contribution in [0.1, 0.15) is 18.4 Å². The second-order valence-electron chi connectivity index (χ2n) is 4.39. The summed E-state index contributed by atoms with van der Waals surface area (Å²) in [5.74, 6) is -2.70. The first-order chi connectivity index (χ1) is 8.28. The average molecular weight is 265 g/mol. The highest BCUT2D eigenvalue weighted by Gasteiger charge is 2.35. The molecule has 0 amide bonds. The van der Waals surface area contributed by atoms with Crippen molar-refractivity contribution >= 4 is 5.69 Å². The number of benzene rings is 1. The fourth-order valence-corrected chi connectivity index (χ4v) is 1.97. The van der Waals surface area contributed by atoms with Gasteiger partial charge < -0.3 is 4.90 Å². The van der Waals surface area contributed by atoms with Gasteiger partial charge in [0.1, 0.15) is 0 Å². The average Bonchev–Trinajstić information content (AvgIpc) is 2.28. The number of anilines is 1. The van der Waals surface area contributed by atoms with Crippen LogP contribution >= 0.6 is 0 Å². The predicted octanol–water partition coefficient (Wildman–Crippen LogP) is 3.94. The van der Waals surface area contributed by atoms with Gasteiger partial charge in [0, 0.05) is 31.6 Å². The van der Waals surface area contributed by atoms with Crippen molar-refractivity contribution in [3.8, 4) is 0 Å². The van der Waals surface area contributed by atoms with E-state index in [1.165, 1.54) is 12.1 Å². The van der Waals surface area contributed by atoms with Crippen molar-refractivity contribution in [1.82, 2.24) is 0 Å². The molecule has 0 bridgehead atoms. The Kier molecular flexibility index (Phi) is 3.21. The van der Waals surface area contributed by atoms with Crippen LogP contribution in [-0.2, 0) is 6.18 Å². The Hall–Kier alpha value is -1.33. The zero-order chi connectivity index (χ0) is 13.4. The van der Waals surface area contributed by atoms with Gasteiger partial charge in [-0.3, -0.25) is 0 Å². The van der Waals surface area contributed by atoms with E-state index in [1.807, 2.05) is 0 Å². The van der Waals surface area contributed by atoms with Crippen molar-refractivity contribution in [3.05, 3.63) is 29.8 Å². The normalized spacial score (nSPS) is 19.9. The van der Waals surface area contributed by atoms with Crippen molar-refractivity contribution in [2.75, 3.05) is 18.0 Å². The van der Waals surface area contributed by atoms with Gasteiger partial charge >= 0.3 is 6.18 Å². The van der Waals surface area contributed by atoms with Gasteiger partial charge in [-0.25, -0.2) is 8.78 Å². The van der Waals surface area contributed by atoms with E-state index < -0.39 is 17.7 Å². The Bertz CT molecular complexity index is 417. The van der Waals surface area contributed by atoms with Gasteiger partial charge in [0.15, 0.2) is 0 Å². The molecule has 1 aromatic rings. The smallest absolute Gasteiger partial charge is 0.371 e. The summed E-state index contributed by atoms with van der Waals surface area (Å²) in [6.07, 6.45) is -5.04. The minimum atomic E-state index is -4.41. The Morgan fingerprint density at radius 2 is 1.67 bits per heavy atom. The van der Waals surface area contributed by atoms with E-state index in [-0.39, 0.29) is 25.9 Å². The van der Waals surface area contributed by atoms with Gasteiger partial charge in [0.05, 0.1) is 5.56 Å². The molecule has 1 nitrogen and oxygen atoms in total. The molecule has 1 fully saturated rings.